The highest BCUT2D eigenvalue weighted by Gasteiger charge is 2.46. The number of carbonyl (C=O) groups excluding carboxylic acids is 3. The Kier molecular flexibility index (Phi) is 12.1. The smallest absolute Gasteiger partial charge is 0.251 e. The molecule has 3 aromatic rings. The molecule has 1 saturated carbocycles. The maximum absolute atomic E-state index is 14.3. The summed E-state index contributed by atoms with van der Waals surface area (Å²) in [6, 6.07) is 15.1. The van der Waals surface area contributed by atoms with Crippen LogP contribution in [0.15, 0.2) is 66.9 Å². The molecule has 52 heavy (non-hydrogen) atoms. The van der Waals surface area contributed by atoms with Gasteiger partial charge in [-0.1, -0.05) is 55.7 Å². The molecule has 2 aliphatic rings. The number of fused-ring (bicyclic) bond motifs is 2. The summed E-state index contributed by atoms with van der Waals surface area (Å²) in [4.78, 5) is 48.1. The lowest BCUT2D eigenvalue weighted by atomic mass is 9.72. The van der Waals surface area contributed by atoms with Gasteiger partial charge in [-0.3, -0.25) is 24.3 Å². The molecule has 2 heterocycles. The monoisotopic (exact) mass is 733 g/mol. The van der Waals surface area contributed by atoms with Crippen LogP contribution in [0, 0.1) is 11.8 Å². The molecule has 0 bridgehead atoms. The molecule has 6 atom stereocenters. The third-order valence-corrected chi connectivity index (χ3v) is 13.0. The summed E-state index contributed by atoms with van der Waals surface area (Å²) in [5, 5.41) is 21.5. The Labute approximate surface area is 308 Å². The van der Waals surface area contributed by atoms with Crippen LogP contribution < -0.4 is 16.0 Å². The molecule has 1 aliphatic carbocycles. The van der Waals surface area contributed by atoms with Gasteiger partial charge >= 0.3 is 0 Å². The van der Waals surface area contributed by atoms with Gasteiger partial charge in [0.25, 0.3) is 5.91 Å². The number of carbonyl (C=O) groups is 3. The summed E-state index contributed by atoms with van der Waals surface area (Å²) in [5.41, 5.74) is 1.36. The number of pyridine rings is 1. The minimum Gasteiger partial charge on any atom is -0.390 e. The Hall–Kier alpha value is -3.87. The SMILES string of the molecule is CC(C)(C)NC(=O)[C@@H]1CC2CCCCC2CN1C[C@@H](O)[C@H](Cc1ccccc1)NC(=O)[C@@H](NC(=O)c1ccc2ncccc2c1)C(C)(C)S(C)(=O)=O. The molecule has 12 heteroatoms. The van der Waals surface area contributed by atoms with Crippen LogP contribution in [-0.2, 0) is 25.8 Å². The molecule has 0 spiro atoms. The number of rotatable bonds is 12. The van der Waals surface area contributed by atoms with E-state index in [9.17, 15) is 27.9 Å². The van der Waals surface area contributed by atoms with Crippen molar-refractivity contribution in [2.75, 3.05) is 19.3 Å². The van der Waals surface area contributed by atoms with E-state index in [1.54, 1.807) is 30.5 Å². The van der Waals surface area contributed by atoms with E-state index in [-0.39, 0.29) is 24.4 Å². The number of hydrogen-bond donors (Lipinski definition) is 4. The Morgan fingerprint density at radius 1 is 0.942 bits per heavy atom. The molecule has 2 fully saturated rings. The first-order valence-corrected chi connectivity index (χ1v) is 20.3. The van der Waals surface area contributed by atoms with Crippen LogP contribution in [0.4, 0.5) is 0 Å². The lowest BCUT2D eigenvalue weighted by Gasteiger charge is -2.47. The molecule has 0 radical (unpaired) electrons. The van der Waals surface area contributed by atoms with E-state index in [2.05, 4.69) is 25.8 Å². The predicted octanol–water partition coefficient (Wildman–Crippen LogP) is 4.04. The zero-order valence-electron chi connectivity index (χ0n) is 31.3. The van der Waals surface area contributed by atoms with Crippen LogP contribution in [0.5, 0.6) is 0 Å². The zero-order chi connectivity index (χ0) is 37.8. The highest BCUT2D eigenvalue weighted by molar-refractivity contribution is 7.92. The Bertz CT molecular complexity index is 1840. The third kappa shape index (κ3) is 9.56. The molecule has 282 valence electrons. The zero-order valence-corrected chi connectivity index (χ0v) is 32.1. The summed E-state index contributed by atoms with van der Waals surface area (Å²) in [5.74, 6) is -0.568. The highest BCUT2D eigenvalue weighted by atomic mass is 32.2. The Morgan fingerprint density at radius 3 is 2.31 bits per heavy atom. The van der Waals surface area contributed by atoms with Gasteiger partial charge in [0.05, 0.1) is 28.5 Å². The van der Waals surface area contributed by atoms with Gasteiger partial charge in [-0.25, -0.2) is 8.42 Å². The van der Waals surface area contributed by atoms with Gasteiger partial charge in [0.1, 0.15) is 6.04 Å². The summed E-state index contributed by atoms with van der Waals surface area (Å²) in [6.07, 6.45) is 6.97. The van der Waals surface area contributed by atoms with Crippen LogP contribution in [0.25, 0.3) is 10.9 Å². The number of aromatic nitrogens is 1. The van der Waals surface area contributed by atoms with E-state index < -0.39 is 56.2 Å². The number of aliphatic hydroxyl groups is 1. The van der Waals surface area contributed by atoms with Crippen molar-refractivity contribution in [1.29, 1.82) is 0 Å². The van der Waals surface area contributed by atoms with Crippen molar-refractivity contribution in [3.63, 3.8) is 0 Å². The molecule has 5 rings (SSSR count). The van der Waals surface area contributed by atoms with Crippen molar-refractivity contribution in [3.8, 4) is 0 Å². The molecule has 3 amide bonds. The number of benzene rings is 2. The summed E-state index contributed by atoms with van der Waals surface area (Å²) in [7, 11) is -3.89. The number of nitrogens with one attached hydrogen (secondary N) is 3. The molecule has 1 aromatic heterocycles. The molecular weight excluding hydrogens is 679 g/mol. The van der Waals surface area contributed by atoms with Crippen molar-refractivity contribution in [3.05, 3.63) is 78.0 Å². The number of amides is 3. The number of hydrogen-bond acceptors (Lipinski definition) is 8. The average Bonchev–Trinajstić information content (AvgIpc) is 3.08. The number of likely N-dealkylation sites (tertiary alicyclic amines) is 1. The van der Waals surface area contributed by atoms with E-state index in [1.807, 2.05) is 57.2 Å². The Balaban J connectivity index is 1.43. The first-order valence-electron chi connectivity index (χ1n) is 18.4. The van der Waals surface area contributed by atoms with Gasteiger partial charge in [0, 0.05) is 42.0 Å². The lowest BCUT2D eigenvalue weighted by molar-refractivity contribution is -0.133. The van der Waals surface area contributed by atoms with Crippen LogP contribution in [0.1, 0.15) is 82.6 Å². The standard InChI is InChI=1S/C40H55N5O6S/c1-39(2,3)44-37(48)33-23-27-15-10-11-16-30(27)24-45(33)25-34(46)32(21-26-13-8-7-9-14-26)42-38(49)35(40(4,5)52(6,50)51)43-36(47)29-18-19-31-28(22-29)17-12-20-41-31/h7-9,12-14,17-20,22,27,30,32-35,46H,10-11,15-16,21,23-25H2,1-6H3,(H,42,49)(H,43,47)(H,44,48)/t27?,30?,32-,33-,34+,35+/m0/s1. The molecule has 1 saturated heterocycles. The van der Waals surface area contributed by atoms with Gasteiger partial charge in [-0.15, -0.1) is 0 Å². The summed E-state index contributed by atoms with van der Waals surface area (Å²) >= 11 is 0. The lowest BCUT2D eigenvalue weighted by Crippen LogP contribution is -2.64. The summed E-state index contributed by atoms with van der Waals surface area (Å²) in [6.45, 7) is 9.46. The summed E-state index contributed by atoms with van der Waals surface area (Å²) < 4.78 is 24.6. The van der Waals surface area contributed by atoms with E-state index in [0.29, 0.717) is 30.3 Å². The molecule has 1 aliphatic heterocycles. The van der Waals surface area contributed by atoms with Crippen LogP contribution in [0.3, 0.4) is 0 Å². The van der Waals surface area contributed by atoms with Gasteiger partial charge in [-0.05, 0) is 95.5 Å². The first-order chi connectivity index (χ1) is 24.4. The molecule has 2 unspecified atom stereocenters. The topological polar surface area (TPSA) is 158 Å². The predicted molar refractivity (Wildman–Crippen MR) is 203 cm³/mol. The van der Waals surface area contributed by atoms with Crippen molar-refractivity contribution < 1.29 is 27.9 Å². The number of aliphatic hydroxyl groups excluding tert-OH is 1. The van der Waals surface area contributed by atoms with E-state index in [1.165, 1.54) is 13.8 Å². The normalized spacial score (nSPS) is 21.7. The van der Waals surface area contributed by atoms with Gasteiger partial charge in [0.2, 0.25) is 11.8 Å². The fraction of sp³-hybridized carbons (Fsp3) is 0.550. The van der Waals surface area contributed by atoms with Crippen molar-refractivity contribution >= 4 is 38.5 Å². The second-order valence-electron chi connectivity index (χ2n) is 16.3. The number of nitrogens with zero attached hydrogens (tertiary/aromatic N) is 2. The fourth-order valence-electron chi connectivity index (χ4n) is 7.61. The minimum atomic E-state index is -3.89. The molecule has 11 nitrogen and oxygen atoms in total. The van der Waals surface area contributed by atoms with Gasteiger partial charge in [-0.2, -0.15) is 0 Å². The first kappa shape index (κ1) is 39.3. The maximum atomic E-state index is 14.3. The van der Waals surface area contributed by atoms with Crippen molar-refractivity contribution in [2.45, 2.75) is 108 Å². The second kappa shape index (κ2) is 16.0. The van der Waals surface area contributed by atoms with E-state index >= 15 is 0 Å². The second-order valence-corrected chi connectivity index (χ2v) is 18.9. The molecule has 2 aromatic carbocycles. The number of piperidine rings is 1. The minimum absolute atomic E-state index is 0.0745. The van der Waals surface area contributed by atoms with Crippen LogP contribution in [-0.4, -0.2) is 95.0 Å². The number of sulfone groups is 1. The maximum Gasteiger partial charge on any atom is 0.251 e. The highest BCUT2D eigenvalue weighted by Crippen LogP contribution is 2.39. The van der Waals surface area contributed by atoms with Crippen LogP contribution >= 0.6 is 0 Å². The average molecular weight is 734 g/mol. The van der Waals surface area contributed by atoms with E-state index in [0.717, 1.165) is 42.9 Å². The van der Waals surface area contributed by atoms with Gasteiger partial charge < -0.3 is 21.1 Å². The fourth-order valence-corrected chi connectivity index (χ4v) is 8.21. The van der Waals surface area contributed by atoms with Crippen molar-refractivity contribution in [1.82, 2.24) is 25.8 Å². The molecule has 4 N–H and O–H groups in total. The molecular formula is C40H55N5O6S. The van der Waals surface area contributed by atoms with E-state index in [4.69, 9.17) is 0 Å². The van der Waals surface area contributed by atoms with Gasteiger partial charge in [0.15, 0.2) is 9.84 Å². The van der Waals surface area contributed by atoms with Crippen molar-refractivity contribution in [2.24, 2.45) is 11.8 Å². The van der Waals surface area contributed by atoms with Crippen LogP contribution in [0.2, 0.25) is 0 Å². The largest absolute Gasteiger partial charge is 0.390 e. The number of β-amino-alcohol motifs (C(OH)–C–C–N with tert-alkyl or cyclic N) is 1. The Morgan fingerprint density at radius 2 is 1.63 bits per heavy atom. The quantitative estimate of drug-likeness (QED) is 0.217. The third-order valence-electron chi connectivity index (χ3n) is 10.9.